The van der Waals surface area contributed by atoms with Gasteiger partial charge in [0.25, 0.3) is 0 Å². The van der Waals surface area contributed by atoms with Gasteiger partial charge in [-0.05, 0) is 40.5 Å². The molecule has 17 heavy (non-hydrogen) atoms. The van der Waals surface area contributed by atoms with Crippen molar-refractivity contribution < 1.29 is 5.11 Å². The molecule has 0 saturated heterocycles. The van der Waals surface area contributed by atoms with Crippen molar-refractivity contribution in [1.82, 2.24) is 9.78 Å². The summed E-state index contributed by atoms with van der Waals surface area (Å²) in [6.45, 7) is 2.09. The minimum Gasteiger partial charge on any atom is -0.396 e. The Morgan fingerprint density at radius 2 is 2.24 bits per heavy atom. The van der Waals surface area contributed by atoms with Crippen LogP contribution in [0.3, 0.4) is 0 Å². The zero-order chi connectivity index (χ0) is 12.4. The van der Waals surface area contributed by atoms with E-state index >= 15 is 0 Å². The fraction of sp³-hybridized carbons (Fsp3) is 0.250. The fourth-order valence-electron chi connectivity index (χ4n) is 1.62. The van der Waals surface area contributed by atoms with Crippen LogP contribution in [-0.4, -0.2) is 21.5 Å². The number of aliphatic hydroxyl groups is 1. The number of hydrogen-bond donors (Lipinski definition) is 1. The summed E-state index contributed by atoms with van der Waals surface area (Å²) >= 11 is 9.41. The van der Waals surface area contributed by atoms with Gasteiger partial charge in [0, 0.05) is 24.2 Å². The second-order valence-corrected chi connectivity index (χ2v) is 5.06. The van der Waals surface area contributed by atoms with E-state index < -0.39 is 0 Å². The van der Waals surface area contributed by atoms with Crippen LogP contribution >= 0.6 is 27.5 Å². The van der Waals surface area contributed by atoms with E-state index in [1.54, 1.807) is 4.68 Å². The van der Waals surface area contributed by atoms with Gasteiger partial charge in [-0.3, -0.25) is 0 Å². The minimum atomic E-state index is 0.0874. The predicted octanol–water partition coefficient (Wildman–Crippen LogP) is 3.13. The highest BCUT2D eigenvalue weighted by molar-refractivity contribution is 9.10. The number of halogens is 2. The van der Waals surface area contributed by atoms with Crippen molar-refractivity contribution in [1.29, 1.82) is 0 Å². The number of aliphatic hydroxyl groups excluding tert-OH is 1. The molecule has 1 aromatic carbocycles. The van der Waals surface area contributed by atoms with Gasteiger partial charge in [-0.25, -0.2) is 4.68 Å². The molecule has 0 bridgehead atoms. The summed E-state index contributed by atoms with van der Waals surface area (Å²) in [5.41, 5.74) is 2.88. The summed E-state index contributed by atoms with van der Waals surface area (Å²) in [5.74, 6) is 0. The molecule has 5 heteroatoms. The van der Waals surface area contributed by atoms with E-state index in [4.69, 9.17) is 16.7 Å². The molecule has 3 nitrogen and oxygen atoms in total. The van der Waals surface area contributed by atoms with E-state index in [-0.39, 0.29) is 6.61 Å². The molecule has 2 aromatic rings. The maximum absolute atomic E-state index is 8.93. The number of hydrogen-bond acceptors (Lipinski definition) is 2. The van der Waals surface area contributed by atoms with E-state index in [9.17, 15) is 0 Å². The highest BCUT2D eigenvalue weighted by Crippen LogP contribution is 2.22. The fourth-order valence-corrected chi connectivity index (χ4v) is 2.25. The Hall–Kier alpha value is -0.840. The Labute approximate surface area is 113 Å². The van der Waals surface area contributed by atoms with Crippen LogP contribution in [0, 0.1) is 6.92 Å². The second-order valence-electron chi connectivity index (χ2n) is 3.77. The van der Waals surface area contributed by atoms with E-state index in [1.165, 1.54) is 0 Å². The van der Waals surface area contributed by atoms with Gasteiger partial charge in [0.15, 0.2) is 0 Å². The smallest absolute Gasteiger partial charge is 0.0793 e. The van der Waals surface area contributed by atoms with Crippen molar-refractivity contribution in [3.63, 3.8) is 0 Å². The van der Waals surface area contributed by atoms with Crippen LogP contribution in [0.1, 0.15) is 11.3 Å². The van der Waals surface area contributed by atoms with Crippen LogP contribution in [-0.2, 0) is 6.42 Å². The van der Waals surface area contributed by atoms with Crippen molar-refractivity contribution in [2.75, 3.05) is 6.61 Å². The van der Waals surface area contributed by atoms with E-state index in [0.717, 1.165) is 21.4 Å². The van der Waals surface area contributed by atoms with Gasteiger partial charge in [0.1, 0.15) is 0 Å². The number of aryl methyl sites for hydroxylation is 1. The third kappa shape index (κ3) is 2.70. The molecular formula is C12H12BrClN2O. The predicted molar refractivity (Wildman–Crippen MR) is 71.8 cm³/mol. The van der Waals surface area contributed by atoms with Gasteiger partial charge >= 0.3 is 0 Å². The molecule has 1 aromatic heterocycles. The molecule has 0 aliphatic carbocycles. The van der Waals surface area contributed by atoms with Crippen LogP contribution in [0.4, 0.5) is 0 Å². The highest BCUT2D eigenvalue weighted by Gasteiger charge is 2.09. The molecule has 2 rings (SSSR count). The third-order valence-electron chi connectivity index (χ3n) is 2.51. The molecule has 1 heterocycles. The lowest BCUT2D eigenvalue weighted by atomic mass is 10.2. The number of benzene rings is 1. The summed E-state index contributed by atoms with van der Waals surface area (Å²) in [6, 6.07) is 5.69. The van der Waals surface area contributed by atoms with Gasteiger partial charge in [-0.2, -0.15) is 5.10 Å². The lowest BCUT2D eigenvalue weighted by molar-refractivity contribution is 0.298. The molecule has 0 aliphatic heterocycles. The largest absolute Gasteiger partial charge is 0.396 e. The lowest BCUT2D eigenvalue weighted by Gasteiger charge is -2.05. The van der Waals surface area contributed by atoms with Crippen molar-refractivity contribution in [2.45, 2.75) is 13.3 Å². The normalized spacial score (nSPS) is 10.8. The zero-order valence-corrected chi connectivity index (χ0v) is 11.7. The Morgan fingerprint density at radius 1 is 1.47 bits per heavy atom. The minimum absolute atomic E-state index is 0.0874. The van der Waals surface area contributed by atoms with E-state index in [2.05, 4.69) is 21.0 Å². The molecule has 0 amide bonds. The van der Waals surface area contributed by atoms with E-state index in [0.29, 0.717) is 11.4 Å². The Kier molecular flexibility index (Phi) is 3.86. The summed E-state index contributed by atoms with van der Waals surface area (Å²) in [4.78, 5) is 0. The van der Waals surface area contributed by atoms with Crippen LogP contribution in [0.5, 0.6) is 0 Å². The van der Waals surface area contributed by atoms with Gasteiger partial charge in [-0.15, -0.1) is 0 Å². The topological polar surface area (TPSA) is 38.0 Å². The summed E-state index contributed by atoms with van der Waals surface area (Å²) in [6.07, 6.45) is 2.41. The van der Waals surface area contributed by atoms with Crippen LogP contribution in [0.25, 0.3) is 5.69 Å². The van der Waals surface area contributed by atoms with Crippen LogP contribution in [0.15, 0.2) is 28.9 Å². The average molecular weight is 316 g/mol. The van der Waals surface area contributed by atoms with Crippen molar-refractivity contribution >= 4 is 27.5 Å². The summed E-state index contributed by atoms with van der Waals surface area (Å²) in [5, 5.41) is 14.0. The molecule has 0 unspecified atom stereocenters. The Balaban J connectivity index is 2.45. The molecular weight excluding hydrogens is 304 g/mol. The number of rotatable bonds is 3. The standard InChI is InChI=1S/C12H12BrClN2O/c1-8-2-3-9(14)6-12(8)16-7-10(13)11(15-16)4-5-17/h2-3,6-7,17H,4-5H2,1H3. The molecule has 1 N–H and O–H groups in total. The first-order valence-corrected chi connectivity index (χ1v) is 6.40. The van der Waals surface area contributed by atoms with Crippen molar-refractivity contribution in [3.8, 4) is 5.69 Å². The first-order valence-electron chi connectivity index (χ1n) is 5.23. The highest BCUT2D eigenvalue weighted by atomic mass is 79.9. The maximum Gasteiger partial charge on any atom is 0.0793 e. The SMILES string of the molecule is Cc1ccc(Cl)cc1-n1cc(Br)c(CCO)n1. The molecule has 0 saturated carbocycles. The van der Waals surface area contributed by atoms with Crippen LogP contribution in [0.2, 0.25) is 5.02 Å². The quantitative estimate of drug-likeness (QED) is 0.945. The monoisotopic (exact) mass is 314 g/mol. The third-order valence-corrected chi connectivity index (χ3v) is 3.40. The summed E-state index contributed by atoms with van der Waals surface area (Å²) in [7, 11) is 0. The van der Waals surface area contributed by atoms with Gasteiger partial charge < -0.3 is 5.11 Å². The van der Waals surface area contributed by atoms with Gasteiger partial charge in [-0.1, -0.05) is 17.7 Å². The average Bonchev–Trinajstić information content (AvgIpc) is 2.64. The first kappa shape index (κ1) is 12.6. The Bertz CT molecular complexity index is 539. The van der Waals surface area contributed by atoms with E-state index in [1.807, 2.05) is 31.3 Å². The van der Waals surface area contributed by atoms with Gasteiger partial charge in [0.2, 0.25) is 0 Å². The maximum atomic E-state index is 8.93. The number of nitrogens with zero attached hydrogens (tertiary/aromatic N) is 2. The molecule has 0 fully saturated rings. The molecule has 0 spiro atoms. The summed E-state index contributed by atoms with van der Waals surface area (Å²) < 4.78 is 2.67. The number of aromatic nitrogens is 2. The Morgan fingerprint density at radius 3 is 2.94 bits per heavy atom. The molecule has 0 atom stereocenters. The molecule has 90 valence electrons. The van der Waals surface area contributed by atoms with Crippen molar-refractivity contribution in [3.05, 3.63) is 45.1 Å². The second kappa shape index (κ2) is 5.21. The van der Waals surface area contributed by atoms with Crippen LogP contribution < -0.4 is 0 Å². The first-order chi connectivity index (χ1) is 8.11. The lowest BCUT2D eigenvalue weighted by Crippen LogP contribution is -1.99. The zero-order valence-electron chi connectivity index (χ0n) is 9.32. The van der Waals surface area contributed by atoms with Gasteiger partial charge in [0.05, 0.1) is 15.9 Å². The molecule has 0 aliphatic rings. The van der Waals surface area contributed by atoms with Crippen molar-refractivity contribution in [2.24, 2.45) is 0 Å². The molecule has 0 radical (unpaired) electrons.